The van der Waals surface area contributed by atoms with Crippen LogP contribution in [0.3, 0.4) is 0 Å². The molecule has 0 aliphatic heterocycles. The van der Waals surface area contributed by atoms with Crippen LogP contribution in [-0.2, 0) is 6.54 Å². The summed E-state index contributed by atoms with van der Waals surface area (Å²) >= 11 is 0. The highest BCUT2D eigenvalue weighted by atomic mass is 19.4. The molecule has 0 fully saturated rings. The van der Waals surface area contributed by atoms with Crippen molar-refractivity contribution in [3.05, 3.63) is 24.0 Å². The number of aliphatic hydroxyl groups is 1. The maximum Gasteiger partial charge on any atom is 0.406 e. The highest BCUT2D eigenvalue weighted by Crippen LogP contribution is 2.22. The zero-order valence-corrected chi connectivity index (χ0v) is 12.2. The minimum absolute atomic E-state index is 0.00900. The van der Waals surface area contributed by atoms with Gasteiger partial charge in [-0.1, -0.05) is 13.8 Å². The van der Waals surface area contributed by atoms with Gasteiger partial charge in [0.05, 0.1) is 0 Å². The third-order valence-corrected chi connectivity index (χ3v) is 3.15. The fourth-order valence-electron chi connectivity index (χ4n) is 2.01. The molecule has 7 heteroatoms. The molecule has 2 N–H and O–H groups in total. The fourth-order valence-corrected chi connectivity index (χ4v) is 2.01. The van der Waals surface area contributed by atoms with Gasteiger partial charge in [0.15, 0.2) is 0 Å². The van der Waals surface area contributed by atoms with Crippen LogP contribution in [0.1, 0.15) is 37.2 Å². The van der Waals surface area contributed by atoms with E-state index in [4.69, 9.17) is 5.11 Å². The molecule has 1 amide bonds. The van der Waals surface area contributed by atoms with E-state index in [1.54, 1.807) is 0 Å². The lowest BCUT2D eigenvalue weighted by Gasteiger charge is -2.24. The van der Waals surface area contributed by atoms with Crippen molar-refractivity contribution in [3.8, 4) is 0 Å². The van der Waals surface area contributed by atoms with Crippen LogP contribution in [0.25, 0.3) is 0 Å². The second-order valence-electron chi connectivity index (χ2n) is 5.81. The number of rotatable bonds is 7. The number of aromatic nitrogens is 1. The SMILES string of the molecule is CC(C)(CCCO)CNC(=O)c1cccn1CC(F)(F)F. The van der Waals surface area contributed by atoms with E-state index in [0.717, 1.165) is 4.57 Å². The summed E-state index contributed by atoms with van der Waals surface area (Å²) in [5.74, 6) is -0.527. The summed E-state index contributed by atoms with van der Waals surface area (Å²) in [7, 11) is 0. The Morgan fingerprint density at radius 2 is 2.05 bits per heavy atom. The molecular formula is C14H21F3N2O2. The van der Waals surface area contributed by atoms with E-state index in [0.29, 0.717) is 19.4 Å². The van der Waals surface area contributed by atoms with Gasteiger partial charge in [-0.05, 0) is 30.4 Å². The van der Waals surface area contributed by atoms with Crippen molar-refractivity contribution in [2.75, 3.05) is 13.2 Å². The maximum atomic E-state index is 12.4. The van der Waals surface area contributed by atoms with Gasteiger partial charge in [0, 0.05) is 19.3 Å². The molecule has 0 spiro atoms. The molecule has 0 aliphatic rings. The summed E-state index contributed by atoms with van der Waals surface area (Å²) in [4.78, 5) is 12.0. The second kappa shape index (κ2) is 6.98. The lowest BCUT2D eigenvalue weighted by Crippen LogP contribution is -2.35. The van der Waals surface area contributed by atoms with Crippen molar-refractivity contribution in [3.63, 3.8) is 0 Å². The minimum atomic E-state index is -4.37. The van der Waals surface area contributed by atoms with Crippen molar-refractivity contribution in [1.82, 2.24) is 9.88 Å². The number of carbonyl (C=O) groups excluding carboxylic acids is 1. The fraction of sp³-hybridized carbons (Fsp3) is 0.643. The van der Waals surface area contributed by atoms with E-state index in [9.17, 15) is 18.0 Å². The number of amides is 1. The summed E-state index contributed by atoms with van der Waals surface area (Å²) in [5.41, 5.74) is -0.231. The molecule has 120 valence electrons. The Bertz CT molecular complexity index is 467. The molecule has 1 aromatic rings. The topological polar surface area (TPSA) is 54.3 Å². The van der Waals surface area contributed by atoms with Gasteiger partial charge in [-0.2, -0.15) is 13.2 Å². The first-order valence-corrected chi connectivity index (χ1v) is 6.75. The predicted molar refractivity (Wildman–Crippen MR) is 72.9 cm³/mol. The number of nitrogens with zero attached hydrogens (tertiary/aromatic N) is 1. The van der Waals surface area contributed by atoms with Crippen LogP contribution < -0.4 is 5.32 Å². The number of aliphatic hydroxyl groups excluding tert-OH is 1. The largest absolute Gasteiger partial charge is 0.406 e. The number of nitrogens with one attached hydrogen (secondary N) is 1. The molecule has 0 aliphatic carbocycles. The lowest BCUT2D eigenvalue weighted by atomic mass is 9.88. The maximum absolute atomic E-state index is 12.4. The second-order valence-corrected chi connectivity index (χ2v) is 5.81. The third kappa shape index (κ3) is 6.20. The van der Waals surface area contributed by atoms with E-state index in [-0.39, 0.29) is 17.7 Å². The summed E-state index contributed by atoms with van der Waals surface area (Å²) in [5, 5.41) is 11.5. The van der Waals surface area contributed by atoms with Gasteiger partial charge in [0.2, 0.25) is 0 Å². The summed E-state index contributed by atoms with van der Waals surface area (Å²) in [6.45, 7) is 3.08. The molecule has 0 atom stereocenters. The van der Waals surface area contributed by atoms with E-state index >= 15 is 0 Å². The molecule has 0 aromatic carbocycles. The Kier molecular flexibility index (Phi) is 5.83. The third-order valence-electron chi connectivity index (χ3n) is 3.15. The molecule has 0 saturated carbocycles. The van der Waals surface area contributed by atoms with E-state index in [1.165, 1.54) is 18.3 Å². The van der Waals surface area contributed by atoms with Crippen molar-refractivity contribution in [1.29, 1.82) is 0 Å². The van der Waals surface area contributed by atoms with Gasteiger partial charge in [-0.3, -0.25) is 4.79 Å². The highest BCUT2D eigenvalue weighted by Gasteiger charge is 2.29. The van der Waals surface area contributed by atoms with Gasteiger partial charge in [-0.25, -0.2) is 0 Å². The zero-order valence-electron chi connectivity index (χ0n) is 12.2. The van der Waals surface area contributed by atoms with E-state index in [2.05, 4.69) is 5.32 Å². The molecule has 0 radical (unpaired) electrons. The summed E-state index contributed by atoms with van der Waals surface area (Å²) in [6, 6.07) is 2.78. The normalized spacial score (nSPS) is 12.5. The predicted octanol–water partition coefficient (Wildman–Crippen LogP) is 2.58. The number of hydrogen-bond donors (Lipinski definition) is 2. The molecule has 0 unspecified atom stereocenters. The smallest absolute Gasteiger partial charge is 0.396 e. The van der Waals surface area contributed by atoms with Crippen LogP contribution in [0.2, 0.25) is 0 Å². The highest BCUT2D eigenvalue weighted by molar-refractivity contribution is 5.92. The van der Waals surface area contributed by atoms with Crippen LogP contribution in [0.15, 0.2) is 18.3 Å². The molecule has 1 aromatic heterocycles. The molecule has 0 saturated heterocycles. The number of hydrogen-bond acceptors (Lipinski definition) is 2. The van der Waals surface area contributed by atoms with E-state index < -0.39 is 18.6 Å². The first-order valence-electron chi connectivity index (χ1n) is 6.75. The van der Waals surface area contributed by atoms with Crippen molar-refractivity contribution >= 4 is 5.91 Å². The molecular weight excluding hydrogens is 285 g/mol. The Hall–Kier alpha value is -1.50. The van der Waals surface area contributed by atoms with Crippen molar-refractivity contribution < 1.29 is 23.1 Å². The van der Waals surface area contributed by atoms with Crippen LogP contribution in [0, 0.1) is 5.41 Å². The van der Waals surface area contributed by atoms with Crippen LogP contribution >= 0.6 is 0 Å². The van der Waals surface area contributed by atoms with Crippen LogP contribution in [-0.4, -0.2) is 34.9 Å². The summed E-state index contributed by atoms with van der Waals surface area (Å²) < 4.78 is 38.1. The molecule has 21 heavy (non-hydrogen) atoms. The van der Waals surface area contributed by atoms with Gasteiger partial charge in [0.25, 0.3) is 5.91 Å². The first-order chi connectivity index (χ1) is 9.64. The van der Waals surface area contributed by atoms with Crippen molar-refractivity contribution in [2.24, 2.45) is 5.41 Å². The standard InChI is InChI=1S/C14H21F3N2O2/c1-13(2,6-4-8-20)9-18-12(21)11-5-3-7-19(11)10-14(15,16)17/h3,5,7,20H,4,6,8-10H2,1-2H3,(H,18,21). The molecule has 1 heterocycles. The Morgan fingerprint density at radius 3 is 2.62 bits per heavy atom. The number of carbonyl (C=O) groups is 1. The zero-order chi connectivity index (χ0) is 16.1. The number of halogens is 3. The van der Waals surface area contributed by atoms with E-state index in [1.807, 2.05) is 13.8 Å². The van der Waals surface area contributed by atoms with Gasteiger partial charge >= 0.3 is 6.18 Å². The molecule has 1 rings (SSSR count). The van der Waals surface area contributed by atoms with Crippen LogP contribution in [0.4, 0.5) is 13.2 Å². The first kappa shape index (κ1) is 17.6. The Labute approximate surface area is 122 Å². The minimum Gasteiger partial charge on any atom is -0.396 e. The Morgan fingerprint density at radius 1 is 1.38 bits per heavy atom. The number of alkyl halides is 3. The van der Waals surface area contributed by atoms with Crippen LogP contribution in [0.5, 0.6) is 0 Å². The average Bonchev–Trinajstić information content (AvgIpc) is 2.79. The lowest BCUT2D eigenvalue weighted by molar-refractivity contribution is -0.140. The Balaban J connectivity index is 2.63. The average molecular weight is 306 g/mol. The molecule has 4 nitrogen and oxygen atoms in total. The monoisotopic (exact) mass is 306 g/mol. The summed E-state index contributed by atoms with van der Waals surface area (Å²) in [6.07, 6.45) is -1.80. The quantitative estimate of drug-likeness (QED) is 0.813. The van der Waals surface area contributed by atoms with Gasteiger partial charge in [-0.15, -0.1) is 0 Å². The van der Waals surface area contributed by atoms with Gasteiger partial charge < -0.3 is 15.0 Å². The molecule has 0 bridgehead atoms. The van der Waals surface area contributed by atoms with Gasteiger partial charge in [0.1, 0.15) is 12.2 Å². The van der Waals surface area contributed by atoms with Crippen molar-refractivity contribution in [2.45, 2.75) is 39.4 Å².